The van der Waals surface area contributed by atoms with Gasteiger partial charge in [-0.3, -0.25) is 0 Å². The fourth-order valence-electron chi connectivity index (χ4n) is 3.08. The van der Waals surface area contributed by atoms with Gasteiger partial charge in [0.25, 0.3) is 0 Å². The molecule has 114 valence electrons. The van der Waals surface area contributed by atoms with Crippen molar-refractivity contribution >= 4 is 6.01 Å². The maximum absolute atomic E-state index is 5.61. The molecule has 1 aromatic heterocycles. The van der Waals surface area contributed by atoms with Crippen LogP contribution < -0.4 is 10.6 Å². The van der Waals surface area contributed by atoms with Crippen molar-refractivity contribution in [1.82, 2.24) is 15.5 Å². The summed E-state index contributed by atoms with van der Waals surface area (Å²) in [5.41, 5.74) is 0. The molecule has 3 atom stereocenters. The highest BCUT2D eigenvalue weighted by Crippen LogP contribution is 2.30. The van der Waals surface area contributed by atoms with Crippen LogP contribution in [0.2, 0.25) is 0 Å². The van der Waals surface area contributed by atoms with Crippen molar-refractivity contribution in [2.45, 2.75) is 58.9 Å². The van der Waals surface area contributed by atoms with E-state index in [2.05, 4.69) is 34.7 Å². The van der Waals surface area contributed by atoms with E-state index in [1.165, 1.54) is 32.1 Å². The second-order valence-corrected chi connectivity index (χ2v) is 6.08. The van der Waals surface area contributed by atoms with Crippen molar-refractivity contribution in [3.63, 3.8) is 0 Å². The SMILES string of the molecule is CCNC(C)c1nnc(NCCC2CCCC(C)C2)o1. The number of hydrogen-bond acceptors (Lipinski definition) is 5. The predicted molar refractivity (Wildman–Crippen MR) is 80.6 cm³/mol. The van der Waals surface area contributed by atoms with Crippen LogP contribution in [-0.4, -0.2) is 23.3 Å². The summed E-state index contributed by atoms with van der Waals surface area (Å²) < 4.78 is 5.61. The van der Waals surface area contributed by atoms with E-state index in [0.29, 0.717) is 11.9 Å². The monoisotopic (exact) mass is 280 g/mol. The van der Waals surface area contributed by atoms with Gasteiger partial charge in [0.05, 0.1) is 6.04 Å². The van der Waals surface area contributed by atoms with Crippen LogP contribution in [0, 0.1) is 11.8 Å². The number of anilines is 1. The second-order valence-electron chi connectivity index (χ2n) is 6.08. The lowest BCUT2D eigenvalue weighted by Crippen LogP contribution is -2.18. The normalized spacial score (nSPS) is 24.6. The molecule has 0 amide bonds. The molecule has 0 radical (unpaired) electrons. The van der Waals surface area contributed by atoms with E-state index in [0.717, 1.165) is 24.9 Å². The highest BCUT2D eigenvalue weighted by molar-refractivity contribution is 5.17. The van der Waals surface area contributed by atoms with E-state index in [4.69, 9.17) is 4.42 Å². The third-order valence-corrected chi connectivity index (χ3v) is 4.20. The van der Waals surface area contributed by atoms with Gasteiger partial charge in [0.1, 0.15) is 0 Å². The van der Waals surface area contributed by atoms with Gasteiger partial charge in [-0.05, 0) is 38.1 Å². The maximum Gasteiger partial charge on any atom is 0.315 e. The van der Waals surface area contributed by atoms with Crippen LogP contribution in [0.4, 0.5) is 6.01 Å². The highest BCUT2D eigenvalue weighted by atomic mass is 16.4. The van der Waals surface area contributed by atoms with E-state index in [1.807, 2.05) is 6.92 Å². The Morgan fingerprint density at radius 1 is 1.35 bits per heavy atom. The summed E-state index contributed by atoms with van der Waals surface area (Å²) >= 11 is 0. The number of rotatable bonds is 7. The summed E-state index contributed by atoms with van der Waals surface area (Å²) in [4.78, 5) is 0. The minimum Gasteiger partial charge on any atom is -0.406 e. The van der Waals surface area contributed by atoms with Gasteiger partial charge in [0, 0.05) is 6.54 Å². The van der Waals surface area contributed by atoms with Crippen LogP contribution >= 0.6 is 0 Å². The Labute approximate surface area is 121 Å². The van der Waals surface area contributed by atoms with E-state index < -0.39 is 0 Å². The van der Waals surface area contributed by atoms with Gasteiger partial charge >= 0.3 is 6.01 Å². The molecule has 1 aliphatic carbocycles. The van der Waals surface area contributed by atoms with Crippen LogP contribution in [0.3, 0.4) is 0 Å². The van der Waals surface area contributed by atoms with Gasteiger partial charge < -0.3 is 15.1 Å². The lowest BCUT2D eigenvalue weighted by molar-refractivity contribution is 0.274. The molecule has 0 saturated heterocycles. The molecule has 2 N–H and O–H groups in total. The molecule has 5 heteroatoms. The molecule has 0 bridgehead atoms. The summed E-state index contributed by atoms with van der Waals surface area (Å²) in [7, 11) is 0. The van der Waals surface area contributed by atoms with E-state index >= 15 is 0 Å². The standard InChI is InChI=1S/C15H28N4O/c1-4-16-12(3)14-18-19-15(20-14)17-9-8-13-7-5-6-11(2)10-13/h11-13,16H,4-10H2,1-3H3,(H,17,19). The smallest absolute Gasteiger partial charge is 0.315 e. The fraction of sp³-hybridized carbons (Fsp3) is 0.867. The van der Waals surface area contributed by atoms with Crippen molar-refractivity contribution in [2.24, 2.45) is 11.8 Å². The Bertz CT molecular complexity index is 393. The van der Waals surface area contributed by atoms with Gasteiger partial charge in [-0.15, -0.1) is 5.10 Å². The van der Waals surface area contributed by atoms with Crippen molar-refractivity contribution in [1.29, 1.82) is 0 Å². The first kappa shape index (κ1) is 15.3. The second kappa shape index (κ2) is 7.62. The zero-order valence-corrected chi connectivity index (χ0v) is 13.0. The Kier molecular flexibility index (Phi) is 5.83. The third-order valence-electron chi connectivity index (χ3n) is 4.20. The molecule has 1 saturated carbocycles. The number of hydrogen-bond donors (Lipinski definition) is 2. The minimum atomic E-state index is 0.113. The Balaban J connectivity index is 1.71. The van der Waals surface area contributed by atoms with Gasteiger partial charge in [0.2, 0.25) is 5.89 Å². The summed E-state index contributed by atoms with van der Waals surface area (Å²) in [6.45, 7) is 8.29. The fourth-order valence-corrected chi connectivity index (χ4v) is 3.08. The largest absolute Gasteiger partial charge is 0.406 e. The average Bonchev–Trinajstić information content (AvgIpc) is 2.88. The zero-order chi connectivity index (χ0) is 14.4. The Morgan fingerprint density at radius 3 is 2.95 bits per heavy atom. The molecule has 3 unspecified atom stereocenters. The lowest BCUT2D eigenvalue weighted by Gasteiger charge is -2.26. The molecule has 1 aromatic rings. The lowest BCUT2D eigenvalue weighted by atomic mass is 9.81. The minimum absolute atomic E-state index is 0.113. The van der Waals surface area contributed by atoms with Crippen molar-refractivity contribution in [3.8, 4) is 0 Å². The van der Waals surface area contributed by atoms with Crippen molar-refractivity contribution in [3.05, 3.63) is 5.89 Å². The summed E-state index contributed by atoms with van der Waals surface area (Å²) in [5.74, 6) is 2.40. The van der Waals surface area contributed by atoms with E-state index in [-0.39, 0.29) is 6.04 Å². The summed E-state index contributed by atoms with van der Waals surface area (Å²) in [6, 6.07) is 0.663. The summed E-state index contributed by atoms with van der Waals surface area (Å²) in [6.07, 6.45) is 6.73. The Morgan fingerprint density at radius 2 is 2.20 bits per heavy atom. The number of aromatic nitrogens is 2. The average molecular weight is 280 g/mol. The zero-order valence-electron chi connectivity index (χ0n) is 13.0. The van der Waals surface area contributed by atoms with Crippen LogP contribution in [0.15, 0.2) is 4.42 Å². The first-order valence-corrected chi connectivity index (χ1v) is 7.99. The van der Waals surface area contributed by atoms with Crippen molar-refractivity contribution in [2.75, 3.05) is 18.4 Å². The molecule has 1 aliphatic rings. The van der Waals surface area contributed by atoms with E-state index in [9.17, 15) is 0 Å². The Hall–Kier alpha value is -1.10. The molecule has 5 nitrogen and oxygen atoms in total. The first-order valence-electron chi connectivity index (χ1n) is 7.99. The number of nitrogens with one attached hydrogen (secondary N) is 2. The maximum atomic E-state index is 5.61. The molecule has 1 fully saturated rings. The molecule has 1 heterocycles. The van der Waals surface area contributed by atoms with Crippen LogP contribution in [0.5, 0.6) is 0 Å². The highest BCUT2D eigenvalue weighted by Gasteiger charge is 2.18. The molecule has 0 aromatic carbocycles. The predicted octanol–water partition coefficient (Wildman–Crippen LogP) is 3.37. The van der Waals surface area contributed by atoms with Gasteiger partial charge in [-0.25, -0.2) is 0 Å². The molecule has 0 aliphatic heterocycles. The van der Waals surface area contributed by atoms with Crippen LogP contribution in [0.25, 0.3) is 0 Å². The number of nitrogens with zero attached hydrogens (tertiary/aromatic N) is 2. The first-order chi connectivity index (χ1) is 9.69. The molecule has 0 spiro atoms. The molecular formula is C15H28N4O. The topological polar surface area (TPSA) is 63.0 Å². The van der Waals surface area contributed by atoms with Gasteiger partial charge in [-0.1, -0.05) is 38.2 Å². The third kappa shape index (κ3) is 4.47. The van der Waals surface area contributed by atoms with Gasteiger partial charge in [-0.2, -0.15) is 0 Å². The van der Waals surface area contributed by atoms with Crippen LogP contribution in [0.1, 0.15) is 64.8 Å². The summed E-state index contributed by atoms with van der Waals surface area (Å²) in [5, 5.41) is 14.6. The molecule has 20 heavy (non-hydrogen) atoms. The van der Waals surface area contributed by atoms with E-state index in [1.54, 1.807) is 0 Å². The molecule has 2 rings (SSSR count). The van der Waals surface area contributed by atoms with Gasteiger partial charge in [0.15, 0.2) is 0 Å². The van der Waals surface area contributed by atoms with Crippen molar-refractivity contribution < 1.29 is 4.42 Å². The van der Waals surface area contributed by atoms with Crippen LogP contribution in [-0.2, 0) is 0 Å². The quantitative estimate of drug-likeness (QED) is 0.801. The molecular weight excluding hydrogens is 252 g/mol.